The maximum atomic E-state index is 12.1. The number of rotatable bonds is 8. The number of carboxylic acids is 1. The summed E-state index contributed by atoms with van der Waals surface area (Å²) >= 11 is 6.08. The minimum Gasteiger partial charge on any atom is -0.480 e. The van der Waals surface area contributed by atoms with Crippen LogP contribution in [0.1, 0.15) is 43.0 Å². The predicted octanol–water partition coefficient (Wildman–Crippen LogP) is 5.00. The Morgan fingerprint density at radius 2 is 1.73 bits per heavy atom. The number of carboxylic acid groups (broad SMARTS) is 1. The average molecular weight is 477 g/mol. The molecule has 0 saturated carbocycles. The van der Waals surface area contributed by atoms with E-state index in [1.54, 1.807) is 52.0 Å². The SMILES string of the molecule is Cc1cc(C[C@@H](NC(=O)OCc2ccccc2)C(=O)O)c(CCl)cc1NC(=O)OC(C)(C)C. The normalized spacial score (nSPS) is 11.9. The fourth-order valence-electron chi connectivity index (χ4n) is 3.00. The summed E-state index contributed by atoms with van der Waals surface area (Å²) in [5, 5.41) is 14.7. The highest BCUT2D eigenvalue weighted by Crippen LogP contribution is 2.25. The van der Waals surface area contributed by atoms with Gasteiger partial charge in [-0.1, -0.05) is 36.4 Å². The first-order valence-electron chi connectivity index (χ1n) is 10.4. The van der Waals surface area contributed by atoms with E-state index >= 15 is 0 Å². The minimum atomic E-state index is -1.22. The number of halogens is 1. The molecule has 2 rings (SSSR count). The molecule has 0 heterocycles. The molecule has 3 N–H and O–H groups in total. The molecule has 33 heavy (non-hydrogen) atoms. The Hall–Kier alpha value is -3.26. The summed E-state index contributed by atoms with van der Waals surface area (Å²) in [4.78, 5) is 36.0. The molecule has 0 spiro atoms. The van der Waals surface area contributed by atoms with Crippen molar-refractivity contribution in [2.75, 3.05) is 5.32 Å². The highest BCUT2D eigenvalue weighted by Gasteiger charge is 2.24. The first-order valence-corrected chi connectivity index (χ1v) is 10.9. The van der Waals surface area contributed by atoms with Crippen LogP contribution in [0.5, 0.6) is 0 Å². The van der Waals surface area contributed by atoms with E-state index in [9.17, 15) is 19.5 Å². The largest absolute Gasteiger partial charge is 0.480 e. The van der Waals surface area contributed by atoms with E-state index in [1.165, 1.54) is 0 Å². The van der Waals surface area contributed by atoms with Gasteiger partial charge in [-0.25, -0.2) is 14.4 Å². The molecule has 0 saturated heterocycles. The molecule has 2 aromatic rings. The lowest BCUT2D eigenvalue weighted by Gasteiger charge is -2.21. The predicted molar refractivity (Wildman–Crippen MR) is 125 cm³/mol. The molecule has 2 amide bonds. The quantitative estimate of drug-likeness (QED) is 0.462. The van der Waals surface area contributed by atoms with E-state index in [2.05, 4.69) is 10.6 Å². The first kappa shape index (κ1) is 26.0. The Bertz CT molecular complexity index is 988. The summed E-state index contributed by atoms with van der Waals surface area (Å²) in [5.74, 6) is -1.12. The zero-order chi connectivity index (χ0) is 24.6. The molecule has 2 aromatic carbocycles. The third-order valence-electron chi connectivity index (χ3n) is 4.55. The molecule has 9 heteroatoms. The van der Waals surface area contributed by atoms with E-state index in [1.807, 2.05) is 18.2 Å². The summed E-state index contributed by atoms with van der Waals surface area (Å²) < 4.78 is 10.4. The fraction of sp³-hybridized carbons (Fsp3) is 0.375. The number of aliphatic carboxylic acids is 1. The summed E-state index contributed by atoms with van der Waals surface area (Å²) in [5.41, 5.74) is 2.59. The minimum absolute atomic E-state index is 0.00855. The topological polar surface area (TPSA) is 114 Å². The van der Waals surface area contributed by atoms with E-state index in [-0.39, 0.29) is 18.9 Å². The molecule has 0 aliphatic carbocycles. The van der Waals surface area contributed by atoms with Crippen molar-refractivity contribution in [1.29, 1.82) is 0 Å². The Labute approximate surface area is 198 Å². The molecule has 8 nitrogen and oxygen atoms in total. The standard InChI is InChI=1S/C24H29ClN2O6/c1-15-10-17(18(13-25)12-19(15)26-23(31)33-24(2,3)4)11-20(21(28)29)27-22(30)32-14-16-8-6-5-7-9-16/h5-10,12,20H,11,13-14H2,1-4H3,(H,26,31)(H,27,30)(H,28,29)/t20-/m1/s1. The molecule has 0 aromatic heterocycles. The van der Waals surface area contributed by atoms with Gasteiger partial charge in [-0.2, -0.15) is 0 Å². The van der Waals surface area contributed by atoms with E-state index in [0.29, 0.717) is 22.4 Å². The molecule has 0 aliphatic rings. The molecule has 1 atom stereocenters. The number of hydrogen-bond acceptors (Lipinski definition) is 5. The van der Waals surface area contributed by atoms with Crippen molar-refractivity contribution >= 4 is 35.4 Å². The molecule has 0 unspecified atom stereocenters. The summed E-state index contributed by atoms with van der Waals surface area (Å²) in [6.45, 7) is 7.07. The first-order chi connectivity index (χ1) is 15.5. The Balaban J connectivity index is 2.10. The lowest BCUT2D eigenvalue weighted by atomic mass is 9.97. The molecular formula is C24H29ClN2O6. The van der Waals surface area contributed by atoms with Crippen LogP contribution in [-0.4, -0.2) is 34.9 Å². The number of alkyl carbamates (subject to hydrolysis) is 1. The van der Waals surface area contributed by atoms with Crippen LogP contribution in [0, 0.1) is 6.92 Å². The number of aryl methyl sites for hydroxylation is 1. The number of alkyl halides is 1. The molecule has 0 bridgehead atoms. The van der Waals surface area contributed by atoms with Crippen molar-refractivity contribution in [1.82, 2.24) is 5.32 Å². The fourth-order valence-corrected chi connectivity index (χ4v) is 3.25. The summed E-state index contributed by atoms with van der Waals surface area (Å²) in [6.07, 6.45) is -1.45. The van der Waals surface area contributed by atoms with Crippen LogP contribution in [0.3, 0.4) is 0 Å². The molecule has 178 valence electrons. The number of carbonyl (C=O) groups is 3. The van der Waals surface area contributed by atoms with Crippen molar-refractivity contribution in [3.63, 3.8) is 0 Å². The van der Waals surface area contributed by atoms with Crippen molar-refractivity contribution in [3.05, 3.63) is 64.7 Å². The van der Waals surface area contributed by atoms with Gasteiger partial charge >= 0.3 is 18.2 Å². The Morgan fingerprint density at radius 3 is 2.30 bits per heavy atom. The van der Waals surface area contributed by atoms with Gasteiger partial charge < -0.3 is 19.9 Å². The number of nitrogens with one attached hydrogen (secondary N) is 2. The second kappa shape index (κ2) is 11.6. The second-order valence-electron chi connectivity index (χ2n) is 8.50. The van der Waals surface area contributed by atoms with Crippen LogP contribution in [0.15, 0.2) is 42.5 Å². The highest BCUT2D eigenvalue weighted by molar-refractivity contribution is 6.17. The zero-order valence-corrected chi connectivity index (χ0v) is 19.9. The maximum absolute atomic E-state index is 12.1. The van der Waals surface area contributed by atoms with Crippen molar-refractivity contribution in [2.24, 2.45) is 0 Å². The van der Waals surface area contributed by atoms with Gasteiger partial charge in [0, 0.05) is 18.0 Å². The third kappa shape index (κ3) is 8.65. The van der Waals surface area contributed by atoms with E-state index in [0.717, 1.165) is 5.56 Å². The van der Waals surface area contributed by atoms with Crippen molar-refractivity contribution in [3.8, 4) is 0 Å². The number of carbonyl (C=O) groups excluding carboxylic acids is 2. The average Bonchev–Trinajstić information content (AvgIpc) is 2.73. The lowest BCUT2D eigenvalue weighted by molar-refractivity contribution is -0.139. The van der Waals surface area contributed by atoms with Crippen LogP contribution < -0.4 is 10.6 Å². The Kier molecular flexibility index (Phi) is 9.11. The van der Waals surface area contributed by atoms with Crippen LogP contribution in [0.25, 0.3) is 0 Å². The van der Waals surface area contributed by atoms with Crippen LogP contribution in [0.4, 0.5) is 15.3 Å². The number of benzene rings is 2. The monoisotopic (exact) mass is 476 g/mol. The van der Waals surface area contributed by atoms with Crippen LogP contribution >= 0.6 is 11.6 Å². The highest BCUT2D eigenvalue weighted by atomic mass is 35.5. The van der Waals surface area contributed by atoms with Gasteiger partial charge in [-0.05, 0) is 56.0 Å². The van der Waals surface area contributed by atoms with Gasteiger partial charge in [-0.15, -0.1) is 11.6 Å². The van der Waals surface area contributed by atoms with Gasteiger partial charge in [0.05, 0.1) is 0 Å². The lowest BCUT2D eigenvalue weighted by Crippen LogP contribution is -2.42. The van der Waals surface area contributed by atoms with Gasteiger partial charge in [0.15, 0.2) is 0 Å². The summed E-state index contributed by atoms with van der Waals surface area (Å²) in [7, 11) is 0. The molecule has 0 aliphatic heterocycles. The molecule has 0 fully saturated rings. The van der Waals surface area contributed by atoms with Crippen molar-refractivity contribution in [2.45, 2.75) is 58.2 Å². The van der Waals surface area contributed by atoms with Crippen LogP contribution in [0.2, 0.25) is 0 Å². The number of amides is 2. The second-order valence-corrected chi connectivity index (χ2v) is 8.76. The number of anilines is 1. The molecular weight excluding hydrogens is 448 g/mol. The van der Waals surface area contributed by atoms with E-state index < -0.39 is 29.8 Å². The third-order valence-corrected chi connectivity index (χ3v) is 4.84. The summed E-state index contributed by atoms with van der Waals surface area (Å²) in [6, 6.07) is 11.2. The Morgan fingerprint density at radius 1 is 1.06 bits per heavy atom. The van der Waals surface area contributed by atoms with Gasteiger partial charge in [0.25, 0.3) is 0 Å². The number of ether oxygens (including phenoxy) is 2. The molecule has 0 radical (unpaired) electrons. The van der Waals surface area contributed by atoms with Crippen LogP contribution in [-0.2, 0) is 33.2 Å². The van der Waals surface area contributed by atoms with Gasteiger partial charge in [0.1, 0.15) is 18.2 Å². The van der Waals surface area contributed by atoms with Gasteiger partial charge in [-0.3, -0.25) is 5.32 Å². The zero-order valence-electron chi connectivity index (χ0n) is 19.1. The van der Waals surface area contributed by atoms with Gasteiger partial charge in [0.2, 0.25) is 0 Å². The maximum Gasteiger partial charge on any atom is 0.412 e. The number of hydrogen-bond donors (Lipinski definition) is 3. The van der Waals surface area contributed by atoms with E-state index in [4.69, 9.17) is 21.1 Å². The van der Waals surface area contributed by atoms with Crippen molar-refractivity contribution < 1.29 is 29.0 Å². The smallest absolute Gasteiger partial charge is 0.412 e.